The van der Waals surface area contributed by atoms with E-state index in [9.17, 15) is 33.9 Å². The molecule has 0 spiro atoms. The van der Waals surface area contributed by atoms with Crippen LogP contribution in [0.5, 0.6) is 11.5 Å². The van der Waals surface area contributed by atoms with Crippen LogP contribution >= 0.6 is 0 Å². The summed E-state index contributed by atoms with van der Waals surface area (Å²) in [6.07, 6.45) is 6.67. The number of anilines is 6. The van der Waals surface area contributed by atoms with Gasteiger partial charge in [0.2, 0.25) is 11.9 Å². The van der Waals surface area contributed by atoms with E-state index in [1.165, 1.54) is 25.8 Å². The van der Waals surface area contributed by atoms with Gasteiger partial charge >= 0.3 is 36.2 Å². The lowest BCUT2D eigenvalue weighted by atomic mass is 10.0. The van der Waals surface area contributed by atoms with Gasteiger partial charge < -0.3 is 59.4 Å². The first kappa shape index (κ1) is 65.3. The van der Waals surface area contributed by atoms with Crippen molar-refractivity contribution >= 4 is 71.1 Å². The lowest BCUT2D eigenvalue weighted by Crippen LogP contribution is -2.40. The summed E-state index contributed by atoms with van der Waals surface area (Å²) < 4.78 is 16.7. The number of rotatable bonds is 20. The van der Waals surface area contributed by atoms with Gasteiger partial charge in [0.1, 0.15) is 40.6 Å². The first-order chi connectivity index (χ1) is 38.0. The van der Waals surface area contributed by atoms with Gasteiger partial charge in [-0.15, -0.1) is 0 Å². The van der Waals surface area contributed by atoms with E-state index in [0.29, 0.717) is 92.9 Å². The first-order valence-electron chi connectivity index (χ1n) is 27.2. The van der Waals surface area contributed by atoms with Crippen LogP contribution in [0.2, 0.25) is 0 Å². The molecule has 3 N–H and O–H groups in total. The maximum absolute atomic E-state index is 13.5. The smallest absolute Gasteiger partial charge is 0.415 e. The molecule has 2 atom stereocenters. The van der Waals surface area contributed by atoms with E-state index in [4.69, 9.17) is 19.2 Å². The fourth-order valence-electron chi connectivity index (χ4n) is 8.64. The summed E-state index contributed by atoms with van der Waals surface area (Å²) in [5.74, 6) is 0.760. The summed E-state index contributed by atoms with van der Waals surface area (Å²) in [6, 6.07) is 11.4. The number of hydrogen-bond acceptors (Lipinski definition) is 17. The van der Waals surface area contributed by atoms with Gasteiger partial charge in [-0.05, 0) is 110 Å². The lowest BCUT2D eigenvalue weighted by Gasteiger charge is -2.28. The van der Waals surface area contributed by atoms with Crippen molar-refractivity contribution in [3.63, 3.8) is 0 Å². The Morgan fingerprint density at radius 3 is 1.25 bits per heavy atom. The molecule has 2 aromatic carbocycles. The maximum Gasteiger partial charge on any atom is 0.415 e. The monoisotopic (exact) mass is 1130 g/mol. The van der Waals surface area contributed by atoms with Crippen LogP contribution in [0.15, 0.2) is 60.9 Å². The van der Waals surface area contributed by atoms with Crippen LogP contribution in [0.3, 0.4) is 0 Å². The highest BCUT2D eigenvalue weighted by atomic mass is 16.6. The molecule has 0 aliphatic carbocycles. The van der Waals surface area contributed by atoms with Gasteiger partial charge in [-0.2, -0.15) is 9.97 Å². The van der Waals surface area contributed by atoms with E-state index in [2.05, 4.69) is 25.6 Å². The highest BCUT2D eigenvalue weighted by Crippen LogP contribution is 2.30. The van der Waals surface area contributed by atoms with E-state index in [-0.39, 0.29) is 50.3 Å². The highest BCUT2D eigenvalue weighted by molar-refractivity contribution is 5.95. The van der Waals surface area contributed by atoms with Crippen molar-refractivity contribution in [3.8, 4) is 11.5 Å². The third-order valence-corrected chi connectivity index (χ3v) is 13.1. The predicted octanol–water partition coefficient (Wildman–Crippen LogP) is 8.18. The van der Waals surface area contributed by atoms with Gasteiger partial charge in [-0.1, -0.05) is 31.7 Å². The van der Waals surface area contributed by atoms with Crippen molar-refractivity contribution in [2.45, 2.75) is 112 Å². The number of aliphatic carboxylic acids is 1. The zero-order chi connectivity index (χ0) is 58.8. The molecule has 2 saturated heterocycles. The van der Waals surface area contributed by atoms with Gasteiger partial charge in [-0.25, -0.2) is 38.7 Å². The summed E-state index contributed by atoms with van der Waals surface area (Å²) in [5, 5.41) is 16.3. The normalized spacial score (nSPS) is 13.5. The molecule has 81 heavy (non-hydrogen) atoms. The number of nitrogens with zero attached hydrogens (tertiary/aromatic N) is 12. The molecule has 4 aromatic rings. The molecule has 0 unspecified atom stereocenters. The second kappa shape index (κ2) is 30.4. The Bertz CT molecular complexity index is 2700. The van der Waals surface area contributed by atoms with E-state index in [0.717, 1.165) is 36.8 Å². The minimum Gasteiger partial charge on any atom is -0.480 e. The summed E-state index contributed by atoms with van der Waals surface area (Å²) in [6.45, 7) is 18.9. The number of benzene rings is 2. The molecule has 2 fully saturated rings. The molecule has 4 heterocycles. The Kier molecular flexibility index (Phi) is 24.5. The van der Waals surface area contributed by atoms with Crippen molar-refractivity contribution in [2.24, 2.45) is 0 Å². The Hall–Kier alpha value is -8.18. The lowest BCUT2D eigenvalue weighted by molar-refractivity contribution is -0.155. The molecule has 24 heteroatoms. The quantitative estimate of drug-likeness (QED) is 0.0705. The van der Waals surface area contributed by atoms with E-state index in [1.807, 2.05) is 70.4 Å². The third-order valence-electron chi connectivity index (χ3n) is 13.1. The standard InChI is InChI=1S/C30H45N7O5.C26H37N7O5.CH4/c1-9-36(10-2)27-31-20-24(35(8)28(39)34(6)7)25(33-27)32-23(26(38)42-30(3,4)5)19-21-13-15-22(16-14-21)41-29(40)37-17-11-12-18-37;1-6-32(7-2)24-27-17-21(31(5)25(36)30(3)4)22(29-24)28-20(23(34)35)16-18-10-12-19(13-11-18)38-26(37)33-14-8-9-15-33;/h13-16,20,23H,9-12,17-19H2,1-8H3,(H,31,32,33);10-13,17,20H,6-9,14-16H2,1-5H3,(H,34,35)(H,27,28,29);1H4/t23-;20-;/m00./s1. The Balaban J connectivity index is 0.000000346. The summed E-state index contributed by atoms with van der Waals surface area (Å²) in [5.41, 5.74) is 1.60. The van der Waals surface area contributed by atoms with E-state index >= 15 is 0 Å². The second-order valence-electron chi connectivity index (χ2n) is 20.7. The molecule has 2 aromatic heterocycles. The molecule has 2 aliphatic heterocycles. The molecule has 0 bridgehead atoms. The highest BCUT2D eigenvalue weighted by Gasteiger charge is 2.30. The van der Waals surface area contributed by atoms with Gasteiger partial charge in [0.15, 0.2) is 11.6 Å². The number of nitrogens with one attached hydrogen (secondary N) is 2. The zero-order valence-electron chi connectivity index (χ0n) is 48.8. The zero-order valence-corrected chi connectivity index (χ0v) is 48.8. The summed E-state index contributed by atoms with van der Waals surface area (Å²) in [7, 11) is 9.79. The van der Waals surface area contributed by atoms with Crippen LogP contribution in [-0.4, -0.2) is 193 Å². The van der Waals surface area contributed by atoms with Gasteiger partial charge in [0.05, 0.1) is 12.4 Å². The first-order valence-corrected chi connectivity index (χ1v) is 27.2. The molecule has 2 aliphatic rings. The molecular formula is C57H86N14O10. The van der Waals surface area contributed by atoms with Crippen LogP contribution < -0.4 is 39.7 Å². The number of esters is 1. The molecule has 444 valence electrons. The number of ether oxygens (including phenoxy) is 3. The van der Waals surface area contributed by atoms with Crippen LogP contribution in [0, 0.1) is 0 Å². The number of amides is 6. The Morgan fingerprint density at radius 2 is 0.926 bits per heavy atom. The number of aromatic nitrogens is 4. The van der Waals surface area contributed by atoms with Crippen LogP contribution in [0.4, 0.5) is 54.1 Å². The number of hydrogen-bond donors (Lipinski definition) is 3. The molecular weight excluding hydrogens is 1040 g/mol. The topological polar surface area (TPSA) is 252 Å². The van der Waals surface area contributed by atoms with Crippen LogP contribution in [0.25, 0.3) is 0 Å². The van der Waals surface area contributed by atoms with Crippen LogP contribution in [0.1, 0.15) is 92.7 Å². The SMILES string of the molecule is C.CCN(CC)c1ncc(N(C)C(=O)N(C)C)c(N[C@@H](Cc2ccc(OC(=O)N3CCCC3)cc2)C(=O)O)n1.CCN(CC)c1ncc(N(C)C(=O)N(C)C)c(N[C@@H](Cc2ccc(OC(=O)N3CCCC3)cc2)C(=O)OC(C)(C)C)n1. The number of carboxylic acid groups (broad SMARTS) is 1. The Labute approximate surface area is 477 Å². The van der Waals surface area contributed by atoms with Gasteiger partial charge in [-0.3, -0.25) is 9.80 Å². The number of carbonyl (C=O) groups excluding carboxylic acids is 5. The van der Waals surface area contributed by atoms with Crippen molar-refractivity contribution in [1.29, 1.82) is 0 Å². The van der Waals surface area contributed by atoms with Gasteiger partial charge in [0, 0.05) is 107 Å². The molecule has 6 amide bonds. The molecule has 0 radical (unpaired) electrons. The van der Waals surface area contributed by atoms with Crippen molar-refractivity contribution in [1.82, 2.24) is 39.5 Å². The summed E-state index contributed by atoms with van der Waals surface area (Å²) in [4.78, 5) is 107. The van der Waals surface area contributed by atoms with Crippen molar-refractivity contribution in [3.05, 3.63) is 72.1 Å². The average molecular weight is 1130 g/mol. The second-order valence-corrected chi connectivity index (χ2v) is 20.7. The number of carbonyl (C=O) groups is 6. The fraction of sp³-hybridized carbons (Fsp3) is 0.544. The third kappa shape index (κ3) is 18.7. The van der Waals surface area contributed by atoms with Gasteiger partial charge in [0.25, 0.3) is 0 Å². The summed E-state index contributed by atoms with van der Waals surface area (Å²) >= 11 is 0. The minimum atomic E-state index is -1.08. The molecule has 6 rings (SSSR count). The van der Waals surface area contributed by atoms with Crippen molar-refractivity contribution in [2.75, 3.05) is 125 Å². The fourth-order valence-corrected chi connectivity index (χ4v) is 8.64. The van der Waals surface area contributed by atoms with Crippen LogP contribution in [-0.2, 0) is 27.2 Å². The number of urea groups is 2. The number of likely N-dealkylation sites (tertiary alicyclic amines) is 2. The minimum absolute atomic E-state index is 0. The largest absolute Gasteiger partial charge is 0.480 e. The molecule has 0 saturated carbocycles. The molecule has 24 nitrogen and oxygen atoms in total. The average Bonchev–Trinajstić information content (AvgIpc) is 4.20. The predicted molar refractivity (Wildman–Crippen MR) is 315 cm³/mol. The van der Waals surface area contributed by atoms with Crippen molar-refractivity contribution < 1.29 is 48.1 Å². The van der Waals surface area contributed by atoms with E-state index < -0.39 is 29.6 Å². The van der Waals surface area contributed by atoms with E-state index in [1.54, 1.807) is 94.7 Å². The maximum atomic E-state index is 13.5. The Morgan fingerprint density at radius 1 is 0.580 bits per heavy atom. The number of carboxylic acids is 1.